The van der Waals surface area contributed by atoms with Crippen LogP contribution in [0, 0.1) is 0 Å². The van der Waals surface area contributed by atoms with Gasteiger partial charge >= 0.3 is 0 Å². The molecule has 0 aromatic rings. The number of nitrogens with two attached hydrogens (primary N) is 1. The van der Waals surface area contributed by atoms with Gasteiger partial charge in [-0.05, 0) is 25.7 Å². The minimum Gasteiger partial charge on any atom is -0.381 e. The van der Waals surface area contributed by atoms with Crippen molar-refractivity contribution in [3.63, 3.8) is 0 Å². The largest absolute Gasteiger partial charge is 0.381 e. The van der Waals surface area contributed by atoms with Gasteiger partial charge < -0.3 is 20.1 Å². The molecule has 2 heterocycles. The molecule has 3 unspecified atom stereocenters. The average Bonchev–Trinajstić information content (AvgIpc) is 2.90. The predicted octanol–water partition coefficient (Wildman–Crippen LogP) is 0.942. The topological polar surface area (TPSA) is 64.8 Å². The number of likely N-dealkylation sites (tertiary alicyclic amines) is 1. The first-order valence-corrected chi connectivity index (χ1v) is 6.88. The fraction of sp³-hybridized carbons (Fsp3) is 0.923. The first-order valence-electron chi connectivity index (χ1n) is 6.88. The van der Waals surface area contributed by atoms with Crippen molar-refractivity contribution in [2.75, 3.05) is 26.8 Å². The molecule has 5 nitrogen and oxygen atoms in total. The molecule has 0 aromatic carbocycles. The number of amides is 1. The van der Waals surface area contributed by atoms with E-state index in [9.17, 15) is 4.79 Å². The smallest absolute Gasteiger partial charge is 0.225 e. The molecule has 2 N–H and O–H groups in total. The van der Waals surface area contributed by atoms with E-state index in [1.807, 2.05) is 4.90 Å². The van der Waals surface area contributed by atoms with E-state index in [1.165, 1.54) is 0 Å². The Balaban J connectivity index is 0.00000180. The van der Waals surface area contributed by atoms with E-state index < -0.39 is 0 Å². The summed E-state index contributed by atoms with van der Waals surface area (Å²) in [5.41, 5.74) is 5.78. The van der Waals surface area contributed by atoms with Crippen LogP contribution in [0.15, 0.2) is 0 Å². The molecule has 2 aliphatic heterocycles. The normalized spacial score (nSPS) is 31.1. The van der Waals surface area contributed by atoms with Crippen molar-refractivity contribution in [1.82, 2.24) is 4.90 Å². The second-order valence-corrected chi connectivity index (χ2v) is 5.20. The molecule has 2 aliphatic rings. The number of hydrogen-bond donors (Lipinski definition) is 1. The van der Waals surface area contributed by atoms with E-state index in [-0.39, 0.29) is 36.6 Å². The Labute approximate surface area is 121 Å². The second kappa shape index (κ2) is 8.04. The minimum absolute atomic E-state index is 0. The summed E-state index contributed by atoms with van der Waals surface area (Å²) in [5, 5.41) is 0. The van der Waals surface area contributed by atoms with Crippen molar-refractivity contribution in [2.45, 2.75) is 50.4 Å². The van der Waals surface area contributed by atoms with Crippen LogP contribution in [-0.4, -0.2) is 55.9 Å². The number of carbonyl (C=O) groups is 1. The second-order valence-electron chi connectivity index (χ2n) is 5.20. The standard InChI is InChI=1S/C13H24N2O3.ClH/c1-17-11-4-5-15(10(7-11)9-14)13(16)8-12-3-2-6-18-12;/h10-12H,2-9,14H2,1H3;1H. The zero-order valence-electron chi connectivity index (χ0n) is 11.5. The van der Waals surface area contributed by atoms with Gasteiger partial charge in [-0.3, -0.25) is 4.79 Å². The molecule has 0 saturated carbocycles. The summed E-state index contributed by atoms with van der Waals surface area (Å²) in [6.45, 7) is 2.06. The number of piperidine rings is 1. The summed E-state index contributed by atoms with van der Waals surface area (Å²) in [7, 11) is 1.72. The van der Waals surface area contributed by atoms with Gasteiger partial charge in [0.05, 0.1) is 18.6 Å². The third kappa shape index (κ3) is 4.31. The summed E-state index contributed by atoms with van der Waals surface area (Å²) in [4.78, 5) is 14.2. The van der Waals surface area contributed by atoms with Gasteiger partial charge in [0.1, 0.15) is 0 Å². The van der Waals surface area contributed by atoms with Crippen LogP contribution in [-0.2, 0) is 14.3 Å². The van der Waals surface area contributed by atoms with Crippen molar-refractivity contribution in [3.8, 4) is 0 Å². The van der Waals surface area contributed by atoms with Gasteiger partial charge in [0, 0.05) is 32.8 Å². The number of hydrogen-bond acceptors (Lipinski definition) is 4. The Bertz CT molecular complexity index is 285. The molecule has 0 aromatic heterocycles. The maximum Gasteiger partial charge on any atom is 0.225 e. The van der Waals surface area contributed by atoms with Crippen molar-refractivity contribution in [1.29, 1.82) is 0 Å². The van der Waals surface area contributed by atoms with Gasteiger partial charge in [-0.1, -0.05) is 0 Å². The van der Waals surface area contributed by atoms with Crippen molar-refractivity contribution in [2.24, 2.45) is 5.73 Å². The van der Waals surface area contributed by atoms with Gasteiger partial charge in [-0.25, -0.2) is 0 Å². The van der Waals surface area contributed by atoms with E-state index in [2.05, 4.69) is 0 Å². The van der Waals surface area contributed by atoms with Gasteiger partial charge in [0.15, 0.2) is 0 Å². The summed E-state index contributed by atoms with van der Waals surface area (Å²) in [5.74, 6) is 0.187. The first-order chi connectivity index (χ1) is 8.74. The number of rotatable bonds is 4. The molecular weight excluding hydrogens is 268 g/mol. The Hall–Kier alpha value is -0.360. The number of methoxy groups -OCH3 is 1. The lowest BCUT2D eigenvalue weighted by Crippen LogP contribution is -2.51. The summed E-state index contributed by atoms with van der Waals surface area (Å²) >= 11 is 0. The van der Waals surface area contributed by atoms with Crippen LogP contribution in [0.2, 0.25) is 0 Å². The van der Waals surface area contributed by atoms with Crippen molar-refractivity contribution < 1.29 is 14.3 Å². The zero-order chi connectivity index (χ0) is 13.0. The molecule has 3 atom stereocenters. The molecule has 0 aliphatic carbocycles. The Morgan fingerprint density at radius 2 is 2.26 bits per heavy atom. The Morgan fingerprint density at radius 1 is 1.47 bits per heavy atom. The summed E-state index contributed by atoms with van der Waals surface area (Å²) < 4.78 is 10.9. The number of carbonyl (C=O) groups excluding carboxylic acids is 1. The van der Waals surface area contributed by atoms with E-state index in [1.54, 1.807) is 7.11 Å². The SMILES string of the molecule is COC1CCN(C(=O)CC2CCCO2)C(CN)C1.Cl. The highest BCUT2D eigenvalue weighted by atomic mass is 35.5. The van der Waals surface area contributed by atoms with E-state index >= 15 is 0 Å². The molecule has 112 valence electrons. The average molecular weight is 293 g/mol. The third-order valence-corrected chi connectivity index (χ3v) is 4.02. The molecule has 0 radical (unpaired) electrons. The van der Waals surface area contributed by atoms with Crippen LogP contribution in [0.1, 0.15) is 32.1 Å². The van der Waals surface area contributed by atoms with E-state index in [4.69, 9.17) is 15.2 Å². The van der Waals surface area contributed by atoms with E-state index in [0.29, 0.717) is 13.0 Å². The molecule has 2 saturated heterocycles. The monoisotopic (exact) mass is 292 g/mol. The maximum absolute atomic E-state index is 12.3. The Kier molecular flexibility index (Phi) is 7.07. The van der Waals surface area contributed by atoms with Crippen molar-refractivity contribution in [3.05, 3.63) is 0 Å². The lowest BCUT2D eigenvalue weighted by molar-refractivity contribution is -0.139. The molecule has 2 fully saturated rings. The number of ether oxygens (including phenoxy) is 2. The molecule has 2 rings (SSSR count). The van der Waals surface area contributed by atoms with Crippen LogP contribution in [0.3, 0.4) is 0 Å². The van der Waals surface area contributed by atoms with Crippen LogP contribution >= 0.6 is 12.4 Å². The highest BCUT2D eigenvalue weighted by Crippen LogP contribution is 2.22. The van der Waals surface area contributed by atoms with Gasteiger partial charge in [-0.15, -0.1) is 12.4 Å². The first kappa shape index (κ1) is 16.7. The fourth-order valence-corrected chi connectivity index (χ4v) is 2.90. The highest BCUT2D eigenvalue weighted by molar-refractivity contribution is 5.85. The molecule has 6 heteroatoms. The highest BCUT2D eigenvalue weighted by Gasteiger charge is 2.32. The fourth-order valence-electron chi connectivity index (χ4n) is 2.90. The molecule has 0 spiro atoms. The zero-order valence-corrected chi connectivity index (χ0v) is 12.4. The molecule has 0 bridgehead atoms. The molecule has 1 amide bonds. The Morgan fingerprint density at radius 3 is 2.84 bits per heavy atom. The quantitative estimate of drug-likeness (QED) is 0.838. The van der Waals surface area contributed by atoms with Crippen molar-refractivity contribution >= 4 is 18.3 Å². The van der Waals surface area contributed by atoms with Crippen LogP contribution in [0.25, 0.3) is 0 Å². The molecule has 19 heavy (non-hydrogen) atoms. The number of halogens is 1. The summed E-state index contributed by atoms with van der Waals surface area (Å²) in [6.07, 6.45) is 4.71. The van der Waals surface area contributed by atoms with E-state index in [0.717, 1.165) is 38.8 Å². The minimum atomic E-state index is 0. The number of nitrogens with zero attached hydrogens (tertiary/aromatic N) is 1. The van der Waals surface area contributed by atoms with Gasteiger partial charge in [0.25, 0.3) is 0 Å². The van der Waals surface area contributed by atoms with Gasteiger partial charge in [-0.2, -0.15) is 0 Å². The third-order valence-electron chi connectivity index (χ3n) is 4.02. The maximum atomic E-state index is 12.3. The van der Waals surface area contributed by atoms with Crippen LogP contribution < -0.4 is 5.73 Å². The summed E-state index contributed by atoms with van der Waals surface area (Å²) in [6, 6.07) is 0.123. The lowest BCUT2D eigenvalue weighted by Gasteiger charge is -2.38. The van der Waals surface area contributed by atoms with Gasteiger partial charge in [0.2, 0.25) is 5.91 Å². The predicted molar refractivity (Wildman–Crippen MR) is 75.4 cm³/mol. The van der Waals surface area contributed by atoms with Crippen LogP contribution in [0.4, 0.5) is 0 Å². The van der Waals surface area contributed by atoms with Crippen LogP contribution in [0.5, 0.6) is 0 Å². The molecular formula is C13H25ClN2O3. The lowest BCUT2D eigenvalue weighted by atomic mass is 9.98.